The fourth-order valence-corrected chi connectivity index (χ4v) is 2.00. The van der Waals surface area contributed by atoms with Gasteiger partial charge in [0.25, 0.3) is 5.56 Å². The zero-order valence-corrected chi connectivity index (χ0v) is 11.4. The molecule has 17 heavy (non-hydrogen) atoms. The Kier molecular flexibility index (Phi) is 3.30. The minimum Gasteiger partial charge on any atom is -0.296 e. The van der Waals surface area contributed by atoms with E-state index >= 15 is 0 Å². The van der Waals surface area contributed by atoms with E-state index in [1.165, 1.54) is 6.07 Å². The molecule has 0 radical (unpaired) electrons. The lowest BCUT2D eigenvalue weighted by Gasteiger charge is -2.20. The van der Waals surface area contributed by atoms with E-state index in [9.17, 15) is 4.79 Å². The van der Waals surface area contributed by atoms with Gasteiger partial charge in [-0.25, -0.2) is 4.98 Å². The molecule has 1 fully saturated rings. The van der Waals surface area contributed by atoms with Crippen LogP contribution in [0.15, 0.2) is 10.9 Å². The Morgan fingerprint density at radius 1 is 1.47 bits per heavy atom. The summed E-state index contributed by atoms with van der Waals surface area (Å²) >= 11 is 5.86. The predicted molar refractivity (Wildman–Crippen MR) is 69.6 cm³/mol. The molecule has 3 nitrogen and oxygen atoms in total. The standard InChI is InChI=1S/C13H19ClN2O/c1-13(2,3)6-7-16-11(17)8-10(14)15-12(16)9-4-5-9/h8-9H,4-7H2,1-3H3. The highest BCUT2D eigenvalue weighted by Crippen LogP contribution is 2.39. The van der Waals surface area contributed by atoms with Crippen LogP contribution in [0.25, 0.3) is 0 Å². The fraction of sp³-hybridized carbons (Fsp3) is 0.692. The average Bonchev–Trinajstić information content (AvgIpc) is 2.96. The molecule has 0 atom stereocenters. The van der Waals surface area contributed by atoms with Crippen molar-refractivity contribution in [2.75, 3.05) is 0 Å². The summed E-state index contributed by atoms with van der Waals surface area (Å²) in [6.07, 6.45) is 3.22. The molecular formula is C13H19ClN2O. The van der Waals surface area contributed by atoms with Gasteiger partial charge in [0, 0.05) is 18.5 Å². The van der Waals surface area contributed by atoms with E-state index in [4.69, 9.17) is 11.6 Å². The van der Waals surface area contributed by atoms with Crippen molar-refractivity contribution in [1.29, 1.82) is 0 Å². The van der Waals surface area contributed by atoms with E-state index in [-0.39, 0.29) is 11.0 Å². The Hall–Kier alpha value is -0.830. The Morgan fingerprint density at radius 2 is 2.12 bits per heavy atom. The van der Waals surface area contributed by atoms with Crippen molar-refractivity contribution in [2.24, 2.45) is 5.41 Å². The van der Waals surface area contributed by atoms with Gasteiger partial charge >= 0.3 is 0 Å². The number of aromatic nitrogens is 2. The second-order valence-corrected chi connectivity index (χ2v) is 6.40. The molecule has 0 bridgehead atoms. The van der Waals surface area contributed by atoms with E-state index in [2.05, 4.69) is 25.8 Å². The van der Waals surface area contributed by atoms with Crippen LogP contribution in [0.5, 0.6) is 0 Å². The van der Waals surface area contributed by atoms with Gasteiger partial charge in [-0.15, -0.1) is 0 Å². The number of hydrogen-bond donors (Lipinski definition) is 0. The quantitative estimate of drug-likeness (QED) is 0.777. The van der Waals surface area contributed by atoms with Crippen LogP contribution in [0, 0.1) is 5.41 Å². The number of rotatable bonds is 3. The Bertz CT molecular complexity index is 469. The third-order valence-corrected chi connectivity index (χ3v) is 3.23. The van der Waals surface area contributed by atoms with Crippen molar-refractivity contribution in [3.63, 3.8) is 0 Å². The minimum absolute atomic E-state index is 0.0175. The average molecular weight is 255 g/mol. The van der Waals surface area contributed by atoms with Gasteiger partial charge in [-0.2, -0.15) is 0 Å². The zero-order chi connectivity index (χ0) is 12.6. The van der Waals surface area contributed by atoms with Crippen LogP contribution < -0.4 is 5.56 Å². The lowest BCUT2D eigenvalue weighted by Crippen LogP contribution is -2.26. The predicted octanol–water partition coefficient (Wildman–Crippen LogP) is 3.21. The summed E-state index contributed by atoms with van der Waals surface area (Å²) in [6.45, 7) is 7.27. The smallest absolute Gasteiger partial charge is 0.254 e. The molecule has 4 heteroatoms. The van der Waals surface area contributed by atoms with Crippen LogP contribution in [0.3, 0.4) is 0 Å². The molecule has 1 aromatic heterocycles. The van der Waals surface area contributed by atoms with Crippen LogP contribution in [0.4, 0.5) is 0 Å². The van der Waals surface area contributed by atoms with Crippen LogP contribution in [0.2, 0.25) is 5.15 Å². The van der Waals surface area contributed by atoms with Gasteiger partial charge in [-0.05, 0) is 24.7 Å². The van der Waals surface area contributed by atoms with Crippen molar-refractivity contribution in [1.82, 2.24) is 9.55 Å². The zero-order valence-electron chi connectivity index (χ0n) is 10.7. The van der Waals surface area contributed by atoms with Gasteiger partial charge in [-0.1, -0.05) is 32.4 Å². The minimum atomic E-state index is -0.0175. The molecule has 2 rings (SSSR count). The molecule has 0 aromatic carbocycles. The lowest BCUT2D eigenvalue weighted by molar-refractivity contribution is 0.343. The summed E-state index contributed by atoms with van der Waals surface area (Å²) < 4.78 is 1.80. The number of hydrogen-bond acceptors (Lipinski definition) is 2. The van der Waals surface area contributed by atoms with Gasteiger partial charge in [0.05, 0.1) is 0 Å². The number of nitrogens with zero attached hydrogens (tertiary/aromatic N) is 2. The van der Waals surface area contributed by atoms with Crippen molar-refractivity contribution >= 4 is 11.6 Å². The molecule has 0 aliphatic heterocycles. The molecule has 1 saturated carbocycles. The van der Waals surface area contributed by atoms with E-state index in [0.29, 0.717) is 11.1 Å². The molecule has 94 valence electrons. The first-order valence-electron chi connectivity index (χ1n) is 6.14. The summed E-state index contributed by atoms with van der Waals surface area (Å²) in [7, 11) is 0. The molecule has 0 spiro atoms. The maximum Gasteiger partial charge on any atom is 0.254 e. The van der Waals surface area contributed by atoms with Gasteiger partial charge in [0.2, 0.25) is 0 Å². The van der Waals surface area contributed by atoms with Crippen LogP contribution in [-0.2, 0) is 6.54 Å². The highest BCUT2D eigenvalue weighted by atomic mass is 35.5. The molecule has 1 aliphatic rings. The SMILES string of the molecule is CC(C)(C)CCn1c(C2CC2)nc(Cl)cc1=O. The van der Waals surface area contributed by atoms with Gasteiger partial charge < -0.3 is 0 Å². The maximum atomic E-state index is 11.9. The highest BCUT2D eigenvalue weighted by molar-refractivity contribution is 6.29. The second kappa shape index (κ2) is 4.45. The third-order valence-electron chi connectivity index (χ3n) is 3.03. The molecule has 0 saturated heterocycles. The summed E-state index contributed by atoms with van der Waals surface area (Å²) in [6, 6.07) is 1.41. The van der Waals surface area contributed by atoms with Crippen molar-refractivity contribution in [3.05, 3.63) is 27.4 Å². The van der Waals surface area contributed by atoms with Crippen LogP contribution >= 0.6 is 11.6 Å². The fourth-order valence-electron chi connectivity index (χ4n) is 1.82. The summed E-state index contributed by atoms with van der Waals surface area (Å²) in [4.78, 5) is 16.3. The van der Waals surface area contributed by atoms with Gasteiger partial charge in [0.15, 0.2) is 0 Å². The molecule has 0 unspecified atom stereocenters. The third kappa shape index (κ3) is 3.32. The first kappa shape index (κ1) is 12.6. The molecule has 1 heterocycles. The normalized spacial score (nSPS) is 16.2. The molecule has 1 aromatic rings. The molecule has 0 N–H and O–H groups in total. The first-order chi connectivity index (χ1) is 7.87. The van der Waals surface area contributed by atoms with Crippen LogP contribution in [-0.4, -0.2) is 9.55 Å². The van der Waals surface area contributed by atoms with Gasteiger partial charge in [-0.3, -0.25) is 9.36 Å². The molecule has 0 amide bonds. The second-order valence-electron chi connectivity index (χ2n) is 6.01. The maximum absolute atomic E-state index is 11.9. The first-order valence-corrected chi connectivity index (χ1v) is 6.52. The van der Waals surface area contributed by atoms with E-state index in [1.807, 2.05) is 0 Å². The Balaban J connectivity index is 2.28. The van der Waals surface area contributed by atoms with Crippen LogP contribution in [0.1, 0.15) is 51.8 Å². The summed E-state index contributed by atoms with van der Waals surface area (Å²) in [5.41, 5.74) is 0.205. The molecular weight excluding hydrogens is 236 g/mol. The van der Waals surface area contributed by atoms with E-state index in [1.54, 1.807) is 4.57 Å². The summed E-state index contributed by atoms with van der Waals surface area (Å²) in [5.74, 6) is 1.33. The van der Waals surface area contributed by atoms with Gasteiger partial charge in [0.1, 0.15) is 11.0 Å². The van der Waals surface area contributed by atoms with E-state index in [0.717, 1.165) is 31.6 Å². The highest BCUT2D eigenvalue weighted by Gasteiger charge is 2.29. The summed E-state index contributed by atoms with van der Waals surface area (Å²) in [5, 5.41) is 0.323. The van der Waals surface area contributed by atoms with Crippen molar-refractivity contribution in [2.45, 2.75) is 52.5 Å². The van der Waals surface area contributed by atoms with E-state index < -0.39 is 0 Å². The topological polar surface area (TPSA) is 34.9 Å². The number of halogens is 1. The largest absolute Gasteiger partial charge is 0.296 e. The Morgan fingerprint density at radius 3 is 2.65 bits per heavy atom. The lowest BCUT2D eigenvalue weighted by atomic mass is 9.92. The molecule has 1 aliphatic carbocycles. The Labute approximate surface area is 107 Å². The van der Waals surface area contributed by atoms with Crippen molar-refractivity contribution < 1.29 is 0 Å². The monoisotopic (exact) mass is 254 g/mol. The van der Waals surface area contributed by atoms with Crippen molar-refractivity contribution in [3.8, 4) is 0 Å².